The number of nitrogens with zero attached hydrogens (tertiary/aromatic N) is 2. The van der Waals surface area contributed by atoms with Gasteiger partial charge < -0.3 is 14.9 Å². The molecule has 2 aliphatic heterocycles. The van der Waals surface area contributed by atoms with Gasteiger partial charge in [-0.05, 0) is 58.6 Å². The van der Waals surface area contributed by atoms with Gasteiger partial charge >= 0.3 is 5.97 Å². The van der Waals surface area contributed by atoms with Crippen LogP contribution in [0.25, 0.3) is 0 Å². The SMILES string of the molecule is C=CC(=O)O.C=CN1CCCCCC1=O.CCC(CC(C)N1CCCCCC1=O)C(C)=O. The van der Waals surface area contributed by atoms with Crippen LogP contribution in [0.4, 0.5) is 0 Å². The maximum absolute atomic E-state index is 11.9. The molecule has 0 aromatic carbocycles. The summed E-state index contributed by atoms with van der Waals surface area (Å²) in [6.45, 7) is 14.1. The van der Waals surface area contributed by atoms with Gasteiger partial charge in [0, 0.05) is 44.0 Å². The lowest BCUT2D eigenvalue weighted by atomic mass is 9.93. The normalized spacial score (nSPS) is 18.5. The van der Waals surface area contributed by atoms with Crippen molar-refractivity contribution in [2.75, 3.05) is 13.1 Å². The number of hydrogen-bond donors (Lipinski definition) is 1. The van der Waals surface area contributed by atoms with Crippen molar-refractivity contribution in [2.24, 2.45) is 5.92 Å². The first-order chi connectivity index (χ1) is 15.2. The summed E-state index contributed by atoms with van der Waals surface area (Å²) in [5.41, 5.74) is 0. The third-order valence-corrected chi connectivity index (χ3v) is 5.84. The van der Waals surface area contributed by atoms with Gasteiger partial charge in [0.1, 0.15) is 5.78 Å². The van der Waals surface area contributed by atoms with Gasteiger partial charge in [-0.1, -0.05) is 32.9 Å². The summed E-state index contributed by atoms with van der Waals surface area (Å²) >= 11 is 0. The van der Waals surface area contributed by atoms with Crippen LogP contribution < -0.4 is 0 Å². The molecule has 7 heteroatoms. The molecule has 0 radical (unpaired) electrons. The summed E-state index contributed by atoms with van der Waals surface area (Å²) in [7, 11) is 0. The Morgan fingerprint density at radius 1 is 1.00 bits per heavy atom. The lowest BCUT2D eigenvalue weighted by molar-refractivity contribution is -0.134. The van der Waals surface area contributed by atoms with Gasteiger partial charge in [-0.2, -0.15) is 0 Å². The zero-order valence-electron chi connectivity index (χ0n) is 20.2. The van der Waals surface area contributed by atoms with E-state index in [0.29, 0.717) is 12.8 Å². The van der Waals surface area contributed by atoms with Crippen molar-refractivity contribution in [1.82, 2.24) is 9.80 Å². The lowest BCUT2D eigenvalue weighted by Gasteiger charge is -2.30. The van der Waals surface area contributed by atoms with E-state index in [-0.39, 0.29) is 29.6 Å². The highest BCUT2D eigenvalue weighted by Gasteiger charge is 2.25. The number of aliphatic carboxylic acids is 1. The molecule has 2 unspecified atom stereocenters. The van der Waals surface area contributed by atoms with Gasteiger partial charge in [-0.3, -0.25) is 14.4 Å². The number of likely N-dealkylation sites (tertiary alicyclic amines) is 2. The number of amides is 2. The molecule has 2 rings (SSSR count). The summed E-state index contributed by atoms with van der Waals surface area (Å²) < 4.78 is 0. The highest BCUT2D eigenvalue weighted by molar-refractivity contribution is 5.79. The molecule has 2 heterocycles. The van der Waals surface area contributed by atoms with E-state index in [9.17, 15) is 19.2 Å². The number of carboxylic acid groups (broad SMARTS) is 1. The number of hydrogen-bond acceptors (Lipinski definition) is 4. The maximum atomic E-state index is 11.9. The van der Waals surface area contributed by atoms with Gasteiger partial charge in [-0.25, -0.2) is 4.79 Å². The molecule has 2 atom stereocenters. The quantitative estimate of drug-likeness (QED) is 0.573. The van der Waals surface area contributed by atoms with E-state index in [1.807, 2.05) is 11.8 Å². The Morgan fingerprint density at radius 3 is 2.00 bits per heavy atom. The van der Waals surface area contributed by atoms with Crippen LogP contribution in [0.1, 0.15) is 85.0 Å². The predicted molar refractivity (Wildman–Crippen MR) is 127 cm³/mol. The minimum atomic E-state index is -0.981. The molecule has 0 aliphatic carbocycles. The molecule has 2 amide bonds. The number of rotatable bonds is 7. The zero-order valence-corrected chi connectivity index (χ0v) is 20.2. The van der Waals surface area contributed by atoms with Crippen molar-refractivity contribution in [1.29, 1.82) is 0 Å². The third kappa shape index (κ3) is 12.4. The smallest absolute Gasteiger partial charge is 0.327 e. The fourth-order valence-electron chi connectivity index (χ4n) is 3.83. The molecule has 2 aliphatic rings. The molecular weight excluding hydrogens is 408 g/mol. The van der Waals surface area contributed by atoms with Crippen LogP contribution in [0.5, 0.6) is 0 Å². The predicted octanol–water partition coefficient (Wildman–Crippen LogP) is 4.57. The number of carboxylic acids is 1. The van der Waals surface area contributed by atoms with Gasteiger partial charge in [0.2, 0.25) is 11.8 Å². The molecule has 0 saturated carbocycles. The second kappa shape index (κ2) is 17.2. The van der Waals surface area contributed by atoms with E-state index in [4.69, 9.17) is 5.11 Å². The summed E-state index contributed by atoms with van der Waals surface area (Å²) in [5, 5.41) is 7.60. The van der Waals surface area contributed by atoms with E-state index in [2.05, 4.69) is 20.1 Å². The fourth-order valence-corrected chi connectivity index (χ4v) is 3.83. The van der Waals surface area contributed by atoms with Crippen LogP contribution in [0.2, 0.25) is 0 Å². The Hall–Kier alpha value is -2.44. The lowest BCUT2D eigenvalue weighted by Crippen LogP contribution is -2.39. The van der Waals surface area contributed by atoms with Gasteiger partial charge in [-0.15, -0.1) is 0 Å². The van der Waals surface area contributed by atoms with Crippen molar-refractivity contribution in [3.8, 4) is 0 Å². The second-order valence-corrected chi connectivity index (χ2v) is 8.32. The average molecular weight is 451 g/mol. The molecule has 0 aromatic rings. The van der Waals surface area contributed by atoms with Crippen LogP contribution >= 0.6 is 0 Å². The van der Waals surface area contributed by atoms with Gasteiger partial charge in [0.15, 0.2) is 0 Å². The Bertz CT molecular complexity index is 632. The summed E-state index contributed by atoms with van der Waals surface area (Å²) in [4.78, 5) is 47.4. The van der Waals surface area contributed by atoms with E-state index in [1.54, 1.807) is 18.0 Å². The second-order valence-electron chi connectivity index (χ2n) is 8.32. The molecule has 2 saturated heterocycles. The van der Waals surface area contributed by atoms with Crippen molar-refractivity contribution < 1.29 is 24.3 Å². The summed E-state index contributed by atoms with van der Waals surface area (Å²) in [6, 6.07) is 0.203. The molecule has 32 heavy (non-hydrogen) atoms. The number of Topliss-reactive ketones (excluding diaryl/α,β-unsaturated/α-hetero) is 1. The van der Waals surface area contributed by atoms with Gasteiger partial charge in [0.05, 0.1) is 0 Å². The summed E-state index contributed by atoms with van der Waals surface area (Å²) in [5.74, 6) is -0.117. The van der Waals surface area contributed by atoms with Crippen molar-refractivity contribution >= 4 is 23.6 Å². The Labute approximate surface area is 193 Å². The fraction of sp³-hybridized carbons (Fsp3) is 0.680. The molecule has 7 nitrogen and oxygen atoms in total. The Balaban J connectivity index is 0.000000538. The van der Waals surface area contributed by atoms with Crippen LogP contribution in [0.15, 0.2) is 25.4 Å². The first kappa shape index (κ1) is 29.6. The van der Waals surface area contributed by atoms with E-state index >= 15 is 0 Å². The minimum Gasteiger partial charge on any atom is -0.478 e. The number of ketones is 1. The summed E-state index contributed by atoms with van der Waals surface area (Å²) in [6.07, 6.45) is 12.2. The highest BCUT2D eigenvalue weighted by Crippen LogP contribution is 2.20. The molecule has 2 fully saturated rings. The van der Waals surface area contributed by atoms with Crippen molar-refractivity contribution in [2.45, 2.75) is 91.0 Å². The third-order valence-electron chi connectivity index (χ3n) is 5.84. The maximum Gasteiger partial charge on any atom is 0.327 e. The Morgan fingerprint density at radius 2 is 1.53 bits per heavy atom. The number of carbonyl (C=O) groups excluding carboxylic acids is 3. The monoisotopic (exact) mass is 450 g/mol. The highest BCUT2D eigenvalue weighted by atomic mass is 16.4. The van der Waals surface area contributed by atoms with Crippen LogP contribution in [0, 0.1) is 5.92 Å². The van der Waals surface area contributed by atoms with Crippen molar-refractivity contribution in [3.05, 3.63) is 25.4 Å². The van der Waals surface area contributed by atoms with E-state index < -0.39 is 5.97 Å². The minimum absolute atomic E-state index is 0.112. The average Bonchev–Trinajstić information content (AvgIpc) is 3.11. The first-order valence-corrected chi connectivity index (χ1v) is 11.7. The molecule has 0 aromatic heterocycles. The molecule has 1 N–H and O–H groups in total. The molecule has 0 spiro atoms. The van der Waals surface area contributed by atoms with Gasteiger partial charge in [0.25, 0.3) is 0 Å². The Kier molecular flexibility index (Phi) is 15.8. The topological polar surface area (TPSA) is 95.0 Å². The molecular formula is C25H42N2O5. The van der Waals surface area contributed by atoms with Crippen molar-refractivity contribution in [3.63, 3.8) is 0 Å². The first-order valence-electron chi connectivity index (χ1n) is 11.7. The largest absolute Gasteiger partial charge is 0.478 e. The van der Waals surface area contributed by atoms with Crippen LogP contribution in [-0.2, 0) is 19.2 Å². The van der Waals surface area contributed by atoms with Crippen LogP contribution in [-0.4, -0.2) is 57.6 Å². The van der Waals surface area contributed by atoms with E-state index in [0.717, 1.165) is 64.1 Å². The number of carbonyl (C=O) groups is 4. The molecule has 0 bridgehead atoms. The zero-order chi connectivity index (χ0) is 24.5. The standard InChI is InChI=1S/C14H25NO2.C8H13NO.C3H4O2/c1-4-13(12(3)16)10-11(2)15-9-7-5-6-8-14(15)17;1-2-9-7-5-3-4-6-8(9)10;1-2-3(4)5/h11,13H,4-10H2,1-3H3;2H,1,3-7H2;2H,1H2,(H,4,5). The van der Waals surface area contributed by atoms with Crippen LogP contribution in [0.3, 0.4) is 0 Å². The van der Waals surface area contributed by atoms with E-state index in [1.165, 1.54) is 6.42 Å². The molecule has 182 valence electrons.